The van der Waals surface area contributed by atoms with Gasteiger partial charge in [0, 0.05) is 6.20 Å². The monoisotopic (exact) mass is 228 g/mol. The Balaban J connectivity index is 2.22. The Morgan fingerprint density at radius 3 is 2.82 bits per heavy atom. The van der Waals surface area contributed by atoms with E-state index in [0.717, 1.165) is 5.69 Å². The molecule has 17 heavy (non-hydrogen) atoms. The van der Waals surface area contributed by atoms with Crippen molar-refractivity contribution in [2.45, 2.75) is 6.61 Å². The Hall–Kier alpha value is -2.41. The molecule has 0 spiro atoms. The molecule has 0 aliphatic carbocycles. The number of nitriles is 1. The first-order chi connectivity index (χ1) is 8.35. The van der Waals surface area contributed by atoms with E-state index in [1.165, 1.54) is 0 Å². The van der Waals surface area contributed by atoms with Crippen LogP contribution in [-0.2, 0) is 6.61 Å². The third-order valence-electron chi connectivity index (χ3n) is 2.35. The van der Waals surface area contributed by atoms with E-state index in [4.69, 9.17) is 14.7 Å². The second-order valence-electron chi connectivity index (χ2n) is 3.43. The molecule has 4 heteroatoms. The van der Waals surface area contributed by atoms with Crippen molar-refractivity contribution in [3.8, 4) is 17.6 Å². The molecular formula is C13H12N2O2. The van der Waals surface area contributed by atoms with Gasteiger partial charge in [-0.1, -0.05) is 6.07 Å². The van der Waals surface area contributed by atoms with Crippen molar-refractivity contribution in [3.05, 3.63) is 47.8 Å². The molecule has 0 fully saturated rings. The Labute approximate surface area is 99.4 Å². The molecular weight excluding hydrogens is 216 g/mol. The van der Waals surface area contributed by atoms with E-state index >= 15 is 0 Å². The van der Waals surface area contributed by atoms with Gasteiger partial charge in [-0.2, -0.15) is 5.26 Å². The first-order valence-electron chi connectivity index (χ1n) is 5.17. The second-order valence-corrected chi connectivity index (χ2v) is 3.43. The topological polar surface area (TPSA) is 58.0 Å². The van der Waals surface area contributed by atoms with E-state index in [0.29, 0.717) is 23.7 Å². The average Bonchev–Trinajstić information content (AvgIpc) is 2.88. The van der Waals surface area contributed by atoms with Crippen LogP contribution in [0.25, 0.3) is 0 Å². The fourth-order valence-corrected chi connectivity index (χ4v) is 1.52. The summed E-state index contributed by atoms with van der Waals surface area (Å²) in [6.07, 6.45) is 1.83. The molecule has 0 bridgehead atoms. The number of para-hydroxylation sites is 1. The van der Waals surface area contributed by atoms with E-state index < -0.39 is 0 Å². The van der Waals surface area contributed by atoms with Crippen molar-refractivity contribution in [1.82, 2.24) is 4.98 Å². The highest BCUT2D eigenvalue weighted by Crippen LogP contribution is 2.30. The maximum atomic E-state index is 9.00. The Kier molecular flexibility index (Phi) is 3.31. The van der Waals surface area contributed by atoms with Crippen LogP contribution in [0, 0.1) is 11.3 Å². The number of hydrogen-bond acceptors (Lipinski definition) is 3. The Bertz CT molecular complexity index is 527. The highest BCUT2D eigenvalue weighted by Gasteiger charge is 2.10. The van der Waals surface area contributed by atoms with E-state index in [1.54, 1.807) is 25.3 Å². The quantitative estimate of drug-likeness (QED) is 0.874. The average molecular weight is 228 g/mol. The number of nitrogens with one attached hydrogen (secondary N) is 1. The van der Waals surface area contributed by atoms with Crippen LogP contribution in [0.2, 0.25) is 0 Å². The van der Waals surface area contributed by atoms with Gasteiger partial charge in [-0.25, -0.2) is 0 Å². The van der Waals surface area contributed by atoms with E-state index in [-0.39, 0.29) is 0 Å². The molecule has 86 valence electrons. The normalized spacial score (nSPS) is 9.65. The summed E-state index contributed by atoms with van der Waals surface area (Å²) >= 11 is 0. The molecule has 2 aromatic rings. The smallest absolute Gasteiger partial charge is 0.179 e. The molecule has 0 saturated carbocycles. The van der Waals surface area contributed by atoms with Crippen molar-refractivity contribution < 1.29 is 9.47 Å². The molecule has 0 atom stereocenters. The minimum absolute atomic E-state index is 0.377. The van der Waals surface area contributed by atoms with Gasteiger partial charge >= 0.3 is 0 Å². The highest BCUT2D eigenvalue weighted by molar-refractivity contribution is 5.52. The van der Waals surface area contributed by atoms with Crippen LogP contribution in [0.1, 0.15) is 11.3 Å². The summed E-state index contributed by atoms with van der Waals surface area (Å²) in [6, 6.07) is 11.1. The SMILES string of the molecule is COc1cccc(C#N)c1OCc1ccc[nH]1. The predicted molar refractivity (Wildman–Crippen MR) is 62.8 cm³/mol. The Morgan fingerprint density at radius 1 is 1.29 bits per heavy atom. The summed E-state index contributed by atoms with van der Waals surface area (Å²) in [5.74, 6) is 1.04. The minimum Gasteiger partial charge on any atom is -0.493 e. The number of aromatic nitrogens is 1. The van der Waals surface area contributed by atoms with E-state index in [2.05, 4.69) is 11.1 Å². The minimum atomic E-state index is 0.377. The number of benzene rings is 1. The number of aromatic amines is 1. The van der Waals surface area contributed by atoms with Gasteiger partial charge in [-0.05, 0) is 24.3 Å². The zero-order valence-corrected chi connectivity index (χ0v) is 9.43. The number of nitrogens with zero attached hydrogens (tertiary/aromatic N) is 1. The third-order valence-corrected chi connectivity index (χ3v) is 2.35. The molecule has 0 unspecified atom stereocenters. The van der Waals surface area contributed by atoms with Gasteiger partial charge in [-0.3, -0.25) is 0 Å². The molecule has 2 rings (SSSR count). The largest absolute Gasteiger partial charge is 0.493 e. The van der Waals surface area contributed by atoms with Crippen molar-refractivity contribution >= 4 is 0 Å². The summed E-state index contributed by atoms with van der Waals surface area (Å²) < 4.78 is 10.8. The Morgan fingerprint density at radius 2 is 2.18 bits per heavy atom. The van der Waals surface area contributed by atoms with Crippen LogP contribution in [-0.4, -0.2) is 12.1 Å². The molecule has 1 heterocycles. The number of H-pyrrole nitrogens is 1. The zero-order chi connectivity index (χ0) is 12.1. The molecule has 0 aliphatic heterocycles. The summed E-state index contributed by atoms with van der Waals surface area (Å²) in [5.41, 5.74) is 1.41. The predicted octanol–water partition coefficient (Wildman–Crippen LogP) is 2.47. The number of methoxy groups -OCH3 is 1. The lowest BCUT2D eigenvalue weighted by Crippen LogP contribution is -1.99. The number of rotatable bonds is 4. The molecule has 0 saturated heterocycles. The fraction of sp³-hybridized carbons (Fsp3) is 0.154. The van der Waals surface area contributed by atoms with Crippen LogP contribution >= 0.6 is 0 Å². The number of hydrogen-bond donors (Lipinski definition) is 1. The van der Waals surface area contributed by atoms with Crippen LogP contribution in [0.15, 0.2) is 36.5 Å². The lowest BCUT2D eigenvalue weighted by molar-refractivity contribution is 0.280. The van der Waals surface area contributed by atoms with E-state index in [1.807, 2.05) is 18.3 Å². The zero-order valence-electron chi connectivity index (χ0n) is 9.43. The standard InChI is InChI=1S/C13H12N2O2/c1-16-12-6-2-4-10(8-14)13(12)17-9-11-5-3-7-15-11/h2-7,15H,9H2,1H3. The van der Waals surface area contributed by atoms with Crippen LogP contribution < -0.4 is 9.47 Å². The van der Waals surface area contributed by atoms with Crippen molar-refractivity contribution in [3.63, 3.8) is 0 Å². The van der Waals surface area contributed by atoms with Crippen LogP contribution in [0.3, 0.4) is 0 Å². The number of ether oxygens (including phenoxy) is 2. The lowest BCUT2D eigenvalue weighted by Gasteiger charge is -2.11. The highest BCUT2D eigenvalue weighted by atomic mass is 16.5. The lowest BCUT2D eigenvalue weighted by atomic mass is 10.2. The molecule has 0 radical (unpaired) electrons. The van der Waals surface area contributed by atoms with Gasteiger partial charge in [0.15, 0.2) is 11.5 Å². The van der Waals surface area contributed by atoms with E-state index in [9.17, 15) is 0 Å². The van der Waals surface area contributed by atoms with Gasteiger partial charge in [0.1, 0.15) is 12.7 Å². The summed E-state index contributed by atoms with van der Waals surface area (Å²) in [5, 5.41) is 9.00. The molecule has 0 amide bonds. The first kappa shape index (κ1) is 11.1. The summed E-state index contributed by atoms with van der Waals surface area (Å²) in [6.45, 7) is 0.377. The van der Waals surface area contributed by atoms with Gasteiger partial charge in [0.05, 0.1) is 18.4 Å². The molecule has 0 aliphatic rings. The van der Waals surface area contributed by atoms with Gasteiger partial charge < -0.3 is 14.5 Å². The van der Waals surface area contributed by atoms with Crippen molar-refractivity contribution in [1.29, 1.82) is 5.26 Å². The van der Waals surface area contributed by atoms with Gasteiger partial charge in [0.2, 0.25) is 0 Å². The maximum Gasteiger partial charge on any atom is 0.179 e. The maximum absolute atomic E-state index is 9.00. The summed E-state index contributed by atoms with van der Waals surface area (Å²) in [4.78, 5) is 3.03. The fourth-order valence-electron chi connectivity index (χ4n) is 1.52. The molecule has 1 aromatic heterocycles. The second kappa shape index (κ2) is 5.08. The molecule has 1 aromatic carbocycles. The first-order valence-corrected chi connectivity index (χ1v) is 5.17. The van der Waals surface area contributed by atoms with Crippen molar-refractivity contribution in [2.24, 2.45) is 0 Å². The van der Waals surface area contributed by atoms with Crippen LogP contribution in [0.4, 0.5) is 0 Å². The molecule has 4 nitrogen and oxygen atoms in total. The van der Waals surface area contributed by atoms with Crippen LogP contribution in [0.5, 0.6) is 11.5 Å². The molecule has 1 N–H and O–H groups in total. The third kappa shape index (κ3) is 2.40. The van der Waals surface area contributed by atoms with Gasteiger partial charge in [-0.15, -0.1) is 0 Å². The van der Waals surface area contributed by atoms with Crippen molar-refractivity contribution in [2.75, 3.05) is 7.11 Å². The van der Waals surface area contributed by atoms with Gasteiger partial charge in [0.25, 0.3) is 0 Å². The summed E-state index contributed by atoms with van der Waals surface area (Å²) in [7, 11) is 1.55.